The van der Waals surface area contributed by atoms with E-state index in [1.54, 1.807) is 36.0 Å². The Morgan fingerprint density at radius 2 is 2.03 bits per heavy atom. The third-order valence-corrected chi connectivity index (χ3v) is 5.07. The van der Waals surface area contributed by atoms with Gasteiger partial charge in [0.05, 0.1) is 24.1 Å². The first-order chi connectivity index (χ1) is 15.6. The third kappa shape index (κ3) is 7.00. The lowest BCUT2D eigenvalue weighted by Gasteiger charge is -2.40. The molecule has 0 fully saturated rings. The normalized spacial score (nSPS) is 18.2. The maximum atomic E-state index is 12.9. The summed E-state index contributed by atoms with van der Waals surface area (Å²) in [5, 5.41) is 2.83. The van der Waals surface area contributed by atoms with Crippen molar-refractivity contribution in [2.75, 3.05) is 6.54 Å². The number of carbonyl (C=O) groups excluding carboxylic acids is 2. The molecule has 1 atom stereocenters. The van der Waals surface area contributed by atoms with Gasteiger partial charge in [0.15, 0.2) is 0 Å². The average molecular weight is 456 g/mol. The predicted octanol–water partition coefficient (Wildman–Crippen LogP) is 5.56. The predicted molar refractivity (Wildman–Crippen MR) is 130 cm³/mol. The van der Waals surface area contributed by atoms with Crippen LogP contribution in [-0.2, 0) is 9.53 Å². The fourth-order valence-corrected chi connectivity index (χ4v) is 3.57. The van der Waals surface area contributed by atoms with Crippen molar-refractivity contribution in [1.29, 1.82) is 0 Å². The summed E-state index contributed by atoms with van der Waals surface area (Å²) in [6.45, 7) is 18.7. The monoisotopic (exact) mass is 455 g/mol. The van der Waals surface area contributed by atoms with E-state index in [4.69, 9.17) is 4.74 Å². The fraction of sp³-hybridized carbons (Fsp3) is 0.346. The van der Waals surface area contributed by atoms with Crippen molar-refractivity contribution < 1.29 is 18.7 Å². The summed E-state index contributed by atoms with van der Waals surface area (Å²) in [5.41, 5.74) is 1.48. The molecule has 0 saturated carbocycles. The highest BCUT2D eigenvalue weighted by atomic mass is 19.1. The maximum absolute atomic E-state index is 12.9. The molecule has 1 aromatic heterocycles. The molecule has 6 nitrogen and oxygen atoms in total. The van der Waals surface area contributed by atoms with Crippen LogP contribution in [-0.4, -0.2) is 33.6 Å². The van der Waals surface area contributed by atoms with Crippen LogP contribution < -0.4 is 5.32 Å². The van der Waals surface area contributed by atoms with Crippen molar-refractivity contribution in [3.05, 3.63) is 90.9 Å². The van der Waals surface area contributed by atoms with E-state index in [0.29, 0.717) is 11.3 Å². The van der Waals surface area contributed by atoms with Crippen LogP contribution >= 0.6 is 0 Å². The number of halogens is 1. The third-order valence-electron chi connectivity index (χ3n) is 5.07. The lowest BCUT2D eigenvalue weighted by Crippen LogP contribution is -2.44. The molecule has 2 rings (SSSR count). The minimum Gasteiger partial charge on any atom is -0.453 e. The zero-order chi connectivity index (χ0) is 25.2. The summed E-state index contributed by atoms with van der Waals surface area (Å²) in [5.74, 6) is -1.28. The van der Waals surface area contributed by atoms with E-state index in [-0.39, 0.29) is 18.4 Å². The van der Waals surface area contributed by atoms with Gasteiger partial charge in [-0.3, -0.25) is 4.79 Å². The number of cyclic esters (lactones) is 1. The molecule has 0 radical (unpaired) electrons. The van der Waals surface area contributed by atoms with Gasteiger partial charge < -0.3 is 14.6 Å². The first-order valence-corrected chi connectivity index (χ1v) is 10.7. The molecule has 1 aliphatic heterocycles. The number of amides is 1. The lowest BCUT2D eigenvalue weighted by molar-refractivity contribution is -0.157. The zero-order valence-electron chi connectivity index (χ0n) is 20.2. The van der Waals surface area contributed by atoms with Crippen LogP contribution in [0.25, 0.3) is 0 Å². The summed E-state index contributed by atoms with van der Waals surface area (Å²) >= 11 is 0. The Labute approximate surface area is 195 Å². The second-order valence-electron chi connectivity index (χ2n) is 7.82. The Kier molecular flexibility index (Phi) is 10.5. The molecule has 7 heteroatoms. The van der Waals surface area contributed by atoms with Crippen molar-refractivity contribution >= 4 is 11.9 Å². The number of esters is 1. The quantitative estimate of drug-likeness (QED) is 0.316. The van der Waals surface area contributed by atoms with Crippen LogP contribution in [0.5, 0.6) is 0 Å². The topological polar surface area (TPSA) is 73.2 Å². The molecule has 1 amide bonds. The average Bonchev–Trinajstić information content (AvgIpc) is 3.23. The number of ether oxygens (including phenoxy) is 1. The van der Waals surface area contributed by atoms with Crippen LogP contribution in [0.2, 0.25) is 0 Å². The number of hydrogen-bond donors (Lipinski definition) is 1. The Balaban J connectivity index is 0.00000265. The molecule has 178 valence electrons. The molecule has 1 N–H and O–H groups in total. The molecular weight excluding hydrogens is 421 g/mol. The van der Waals surface area contributed by atoms with E-state index in [0.717, 1.165) is 17.6 Å². The summed E-state index contributed by atoms with van der Waals surface area (Å²) in [6.07, 6.45) is 12.1. The second-order valence-corrected chi connectivity index (χ2v) is 7.82. The van der Waals surface area contributed by atoms with E-state index in [9.17, 15) is 14.0 Å². The SMILES string of the molecule is C=C.C=C(F)/C=C\C(=C/C)CNC(=O)c1cncn1C1C(C)=C(/C=C\CC)C(=O)OC1(C)C. The molecule has 0 bridgehead atoms. The van der Waals surface area contributed by atoms with E-state index in [1.807, 2.05) is 33.8 Å². The summed E-state index contributed by atoms with van der Waals surface area (Å²) < 4.78 is 20.3. The standard InChI is InChI=1S/C24H30FN3O3.C2H4/c1-7-9-10-19-17(4)21(24(5,6)31-23(19)30)28-15-26-14-20(28)22(29)27-13-18(8-2)12-11-16(3)25;1-2/h8-12,14-15,21H,3,7,13H2,1-2,4-6H3,(H,27,29);1-2H2/b10-9-,12-11-,18-8+;. The fourth-order valence-electron chi connectivity index (χ4n) is 3.57. The largest absolute Gasteiger partial charge is 0.453 e. The number of aromatic nitrogens is 2. The first kappa shape index (κ1) is 27.6. The maximum Gasteiger partial charge on any atom is 0.338 e. The van der Waals surface area contributed by atoms with Crippen LogP contribution in [0.1, 0.15) is 57.6 Å². The Morgan fingerprint density at radius 3 is 2.61 bits per heavy atom. The smallest absolute Gasteiger partial charge is 0.338 e. The Morgan fingerprint density at radius 1 is 1.36 bits per heavy atom. The van der Waals surface area contributed by atoms with Gasteiger partial charge >= 0.3 is 5.97 Å². The summed E-state index contributed by atoms with van der Waals surface area (Å²) in [7, 11) is 0. The van der Waals surface area contributed by atoms with Gasteiger partial charge in [0.2, 0.25) is 0 Å². The van der Waals surface area contributed by atoms with Crippen molar-refractivity contribution in [1.82, 2.24) is 14.9 Å². The summed E-state index contributed by atoms with van der Waals surface area (Å²) in [6, 6.07) is -0.402. The van der Waals surface area contributed by atoms with Crippen molar-refractivity contribution in [2.24, 2.45) is 0 Å². The van der Waals surface area contributed by atoms with Gasteiger partial charge in [-0.25, -0.2) is 14.2 Å². The van der Waals surface area contributed by atoms with E-state index in [2.05, 4.69) is 30.0 Å². The number of imidazole rings is 1. The number of rotatable bonds is 8. The number of hydrogen-bond acceptors (Lipinski definition) is 4. The van der Waals surface area contributed by atoms with E-state index >= 15 is 0 Å². The van der Waals surface area contributed by atoms with Gasteiger partial charge in [-0.2, -0.15) is 0 Å². The Bertz CT molecular complexity index is 996. The lowest BCUT2D eigenvalue weighted by atomic mass is 9.86. The number of allylic oxidation sites excluding steroid dienone is 4. The molecule has 0 aromatic carbocycles. The van der Waals surface area contributed by atoms with Gasteiger partial charge in [0.25, 0.3) is 5.91 Å². The second kappa shape index (κ2) is 12.5. The molecule has 0 saturated heterocycles. The van der Waals surface area contributed by atoms with Crippen LogP contribution in [0.4, 0.5) is 4.39 Å². The van der Waals surface area contributed by atoms with E-state index < -0.39 is 17.5 Å². The molecule has 2 heterocycles. The van der Waals surface area contributed by atoms with Gasteiger partial charge in [0, 0.05) is 6.54 Å². The Hall–Kier alpha value is -3.48. The highest BCUT2D eigenvalue weighted by molar-refractivity contribution is 5.95. The van der Waals surface area contributed by atoms with E-state index in [1.165, 1.54) is 12.3 Å². The molecule has 1 unspecified atom stereocenters. The molecule has 0 aliphatic carbocycles. The number of nitrogens with zero attached hydrogens (tertiary/aromatic N) is 2. The van der Waals surface area contributed by atoms with Crippen molar-refractivity contribution in [3.63, 3.8) is 0 Å². The van der Waals surface area contributed by atoms with Crippen LogP contribution in [0, 0.1) is 0 Å². The zero-order valence-corrected chi connectivity index (χ0v) is 20.2. The highest BCUT2D eigenvalue weighted by Gasteiger charge is 2.43. The van der Waals surface area contributed by atoms with Gasteiger partial charge in [-0.15, -0.1) is 13.2 Å². The molecular formula is C26H34FN3O3. The minimum atomic E-state index is -0.876. The van der Waals surface area contributed by atoms with Crippen molar-refractivity contribution in [2.45, 2.75) is 52.7 Å². The molecule has 0 spiro atoms. The summed E-state index contributed by atoms with van der Waals surface area (Å²) in [4.78, 5) is 29.6. The van der Waals surface area contributed by atoms with Crippen LogP contribution in [0.3, 0.4) is 0 Å². The molecule has 1 aromatic rings. The minimum absolute atomic E-state index is 0.215. The van der Waals surface area contributed by atoms with Crippen molar-refractivity contribution in [3.8, 4) is 0 Å². The number of nitrogens with one attached hydrogen (secondary N) is 1. The molecule has 33 heavy (non-hydrogen) atoms. The number of carbonyl (C=O) groups is 2. The highest BCUT2D eigenvalue weighted by Crippen LogP contribution is 2.40. The van der Waals surface area contributed by atoms with Gasteiger partial charge in [-0.05, 0) is 51.3 Å². The van der Waals surface area contributed by atoms with Crippen LogP contribution in [0.15, 0.2) is 85.2 Å². The first-order valence-electron chi connectivity index (χ1n) is 10.7. The molecule has 1 aliphatic rings. The van der Waals surface area contributed by atoms with Gasteiger partial charge in [0.1, 0.15) is 17.1 Å². The van der Waals surface area contributed by atoms with Gasteiger partial charge in [-0.1, -0.05) is 37.8 Å².